The number of aromatic nitrogens is 1. The number of hydrazine groups is 1. The van der Waals surface area contributed by atoms with Gasteiger partial charge in [-0.2, -0.15) is 0 Å². The molecule has 3 heterocycles. The summed E-state index contributed by atoms with van der Waals surface area (Å²) in [4.78, 5) is 46.5. The van der Waals surface area contributed by atoms with Crippen LogP contribution in [0.1, 0.15) is 16.7 Å². The Morgan fingerprint density at radius 1 is 0.828 bits per heavy atom. The number of amides is 4. The predicted molar refractivity (Wildman–Crippen MR) is 220 cm³/mol. The number of benzene rings is 5. The molecule has 2 fully saturated rings. The van der Waals surface area contributed by atoms with Crippen molar-refractivity contribution in [3.63, 3.8) is 0 Å². The number of aromatic hydroxyl groups is 1. The molecule has 1 unspecified atom stereocenters. The lowest BCUT2D eigenvalue weighted by Crippen LogP contribution is -2.76. The average Bonchev–Trinajstić information content (AvgIpc) is 3.65. The highest BCUT2D eigenvalue weighted by molar-refractivity contribution is 7.90. The van der Waals surface area contributed by atoms with Crippen LogP contribution in [0.25, 0.3) is 22.0 Å². The number of carbonyl (C=O) groups excluding carboxylic acids is 3. The highest BCUT2D eigenvalue weighted by Crippen LogP contribution is 2.37. The summed E-state index contributed by atoms with van der Waals surface area (Å²) in [6, 6.07) is 37.7. The molecule has 13 heteroatoms. The van der Waals surface area contributed by atoms with Crippen molar-refractivity contribution in [3.05, 3.63) is 169 Å². The third kappa shape index (κ3) is 7.33. The van der Waals surface area contributed by atoms with Gasteiger partial charge in [0.1, 0.15) is 18.0 Å². The third-order valence-electron chi connectivity index (χ3n) is 10.7. The quantitative estimate of drug-likeness (QED) is 0.154. The van der Waals surface area contributed by atoms with Crippen LogP contribution < -0.4 is 5.32 Å². The largest absolute Gasteiger partial charge is 0.508 e. The van der Waals surface area contributed by atoms with Gasteiger partial charge in [0.05, 0.1) is 23.5 Å². The van der Waals surface area contributed by atoms with Crippen LogP contribution in [-0.2, 0) is 39.1 Å². The molecular formula is C45H42N6O6S. The van der Waals surface area contributed by atoms with E-state index in [1.165, 1.54) is 26.0 Å². The second-order valence-electron chi connectivity index (χ2n) is 14.3. The Bertz CT molecular complexity index is 2580. The zero-order valence-corrected chi connectivity index (χ0v) is 32.4. The fraction of sp³-hybridized carbons (Fsp3) is 0.178. The van der Waals surface area contributed by atoms with E-state index in [0.717, 1.165) is 11.1 Å². The van der Waals surface area contributed by atoms with E-state index in [-0.39, 0.29) is 61.6 Å². The number of nitrogens with one attached hydrogen (secondary N) is 1. The van der Waals surface area contributed by atoms with Gasteiger partial charge in [-0.1, -0.05) is 115 Å². The number of rotatable bonds is 11. The summed E-state index contributed by atoms with van der Waals surface area (Å²) in [5.74, 6) is -0.623. The van der Waals surface area contributed by atoms with Crippen molar-refractivity contribution in [1.82, 2.24) is 29.1 Å². The van der Waals surface area contributed by atoms with E-state index in [9.17, 15) is 27.9 Å². The van der Waals surface area contributed by atoms with Gasteiger partial charge in [-0.15, -0.1) is 6.58 Å². The highest BCUT2D eigenvalue weighted by Gasteiger charge is 2.51. The smallest absolute Gasteiger partial charge is 0.334 e. The Hall–Kier alpha value is -6.70. The maximum absolute atomic E-state index is 14.9. The fourth-order valence-corrected chi connectivity index (χ4v) is 9.38. The second-order valence-corrected chi connectivity index (χ2v) is 16.2. The normalized spacial score (nSPS) is 17.3. The Labute approximate surface area is 336 Å². The first-order chi connectivity index (χ1) is 28.1. The van der Waals surface area contributed by atoms with E-state index in [4.69, 9.17) is 0 Å². The molecule has 0 spiro atoms. The molecule has 4 amide bonds. The summed E-state index contributed by atoms with van der Waals surface area (Å²) in [7, 11) is -4.11. The van der Waals surface area contributed by atoms with Crippen LogP contribution in [0.3, 0.4) is 0 Å². The molecule has 2 aliphatic rings. The van der Waals surface area contributed by atoms with Gasteiger partial charge in [-0.25, -0.2) is 27.2 Å². The van der Waals surface area contributed by atoms with Crippen LogP contribution >= 0.6 is 0 Å². The van der Waals surface area contributed by atoms with Gasteiger partial charge in [0.25, 0.3) is 10.0 Å². The molecule has 2 saturated heterocycles. The number of hydrogen-bond acceptors (Lipinski definition) is 7. The number of fused-ring (bicyclic) bond motifs is 2. The number of phenolic OH excluding ortho intramolecular Hbond substituents is 1. The summed E-state index contributed by atoms with van der Waals surface area (Å²) < 4.78 is 30.2. The summed E-state index contributed by atoms with van der Waals surface area (Å²) in [5.41, 5.74) is 4.10. The number of piperazine rings is 1. The molecular weight excluding hydrogens is 753 g/mol. The molecule has 2 N–H and O–H groups in total. The molecule has 0 radical (unpaired) electrons. The van der Waals surface area contributed by atoms with Crippen LogP contribution in [0, 0.1) is 0 Å². The number of carbonyl (C=O) groups is 3. The van der Waals surface area contributed by atoms with Crippen molar-refractivity contribution in [2.24, 2.45) is 0 Å². The molecule has 12 nitrogen and oxygen atoms in total. The number of urea groups is 1. The molecule has 1 aromatic heterocycles. The first-order valence-corrected chi connectivity index (χ1v) is 20.4. The van der Waals surface area contributed by atoms with Gasteiger partial charge in [-0.3, -0.25) is 9.59 Å². The van der Waals surface area contributed by atoms with Crippen molar-refractivity contribution < 1.29 is 27.9 Å². The second kappa shape index (κ2) is 16.0. The van der Waals surface area contributed by atoms with Gasteiger partial charge in [0.15, 0.2) is 0 Å². The summed E-state index contributed by atoms with van der Waals surface area (Å²) >= 11 is 0. The lowest BCUT2D eigenvalue weighted by Gasteiger charge is -2.55. The Morgan fingerprint density at radius 3 is 2.19 bits per heavy atom. The maximum atomic E-state index is 14.9. The summed E-state index contributed by atoms with van der Waals surface area (Å²) in [6.45, 7) is 4.06. The van der Waals surface area contributed by atoms with Crippen LogP contribution in [0.5, 0.6) is 5.75 Å². The fourth-order valence-electron chi connectivity index (χ4n) is 7.95. The first kappa shape index (κ1) is 38.2. The number of phenols is 1. The Kier molecular flexibility index (Phi) is 10.6. The van der Waals surface area contributed by atoms with E-state index in [1.54, 1.807) is 64.6 Å². The average molecular weight is 795 g/mol. The van der Waals surface area contributed by atoms with Gasteiger partial charge in [0, 0.05) is 43.2 Å². The zero-order chi connectivity index (χ0) is 40.4. The molecule has 2 atom stereocenters. The molecule has 2 aliphatic heterocycles. The van der Waals surface area contributed by atoms with Crippen molar-refractivity contribution in [1.29, 1.82) is 0 Å². The topological polar surface area (TPSA) is 136 Å². The van der Waals surface area contributed by atoms with Gasteiger partial charge >= 0.3 is 6.03 Å². The lowest BCUT2D eigenvalue weighted by molar-refractivity contribution is -0.189. The van der Waals surface area contributed by atoms with E-state index in [2.05, 4.69) is 11.9 Å². The van der Waals surface area contributed by atoms with Crippen molar-refractivity contribution in [2.45, 2.75) is 36.6 Å². The standard InChI is InChI=1S/C45H42N6O6S/c1-2-25-48-31-42(53)50-40(26-32-21-23-36(52)24-22-32)44(54)47(30-41(50)51(48)45(55)46-27-33-13-6-3-7-14-33)28-35-17-12-20-38-39(34-15-8-4-9-16-34)29-49(43(35)38)58(56,57)37-18-10-5-11-19-37/h2-24,29,40-41,52H,1,25-28,30-31H2,(H,46,55)/t40?,41-/m0/s1. The van der Waals surface area contributed by atoms with Gasteiger partial charge in [-0.05, 0) is 46.5 Å². The molecule has 58 heavy (non-hydrogen) atoms. The summed E-state index contributed by atoms with van der Waals surface area (Å²) in [5, 5.41) is 16.8. The Morgan fingerprint density at radius 2 is 1.50 bits per heavy atom. The van der Waals surface area contributed by atoms with Gasteiger partial charge < -0.3 is 20.2 Å². The van der Waals surface area contributed by atoms with Crippen LogP contribution in [-0.4, -0.2) is 87.0 Å². The SMILES string of the molecule is C=CCN1CC(=O)N2C(Cc3ccc(O)cc3)C(=O)N(Cc3cccc4c(-c5ccccc5)cn(S(=O)(=O)c5ccccc5)c34)C[C@@H]2N1C(=O)NCc1ccccc1. The van der Waals surface area contributed by atoms with Crippen molar-refractivity contribution in [3.8, 4) is 16.9 Å². The molecule has 6 aromatic rings. The number of hydrogen-bond donors (Lipinski definition) is 2. The summed E-state index contributed by atoms with van der Waals surface area (Å²) in [6.07, 6.45) is 2.44. The predicted octanol–water partition coefficient (Wildman–Crippen LogP) is 5.99. The molecule has 8 rings (SSSR count). The maximum Gasteiger partial charge on any atom is 0.334 e. The molecule has 0 saturated carbocycles. The third-order valence-corrected chi connectivity index (χ3v) is 12.3. The molecule has 294 valence electrons. The van der Waals surface area contributed by atoms with E-state index in [1.807, 2.05) is 78.9 Å². The van der Waals surface area contributed by atoms with Crippen LogP contribution in [0.2, 0.25) is 0 Å². The Balaban J connectivity index is 1.23. The zero-order valence-electron chi connectivity index (χ0n) is 31.6. The van der Waals surface area contributed by atoms with Crippen molar-refractivity contribution in [2.75, 3.05) is 19.6 Å². The minimum Gasteiger partial charge on any atom is -0.508 e. The first-order valence-electron chi connectivity index (χ1n) is 19.0. The number of nitrogens with zero attached hydrogens (tertiary/aromatic N) is 5. The minimum atomic E-state index is -4.11. The minimum absolute atomic E-state index is 0.0235. The van der Waals surface area contributed by atoms with E-state index < -0.39 is 28.3 Å². The molecule has 5 aromatic carbocycles. The van der Waals surface area contributed by atoms with Crippen LogP contribution in [0.4, 0.5) is 4.79 Å². The van der Waals surface area contributed by atoms with E-state index in [0.29, 0.717) is 27.6 Å². The molecule has 0 aliphatic carbocycles. The van der Waals surface area contributed by atoms with Crippen LogP contribution in [0.15, 0.2) is 157 Å². The highest BCUT2D eigenvalue weighted by atomic mass is 32.2. The molecule has 0 bridgehead atoms. The van der Waals surface area contributed by atoms with Gasteiger partial charge in [0.2, 0.25) is 11.8 Å². The lowest BCUT2D eigenvalue weighted by atomic mass is 9.97. The van der Waals surface area contributed by atoms with E-state index >= 15 is 0 Å². The van der Waals surface area contributed by atoms with Crippen molar-refractivity contribution >= 4 is 38.8 Å². The monoisotopic (exact) mass is 794 g/mol. The number of para-hydroxylation sites is 1.